The topological polar surface area (TPSA) is 37.4 Å². The van der Waals surface area contributed by atoms with Crippen molar-refractivity contribution < 1.29 is 27.4 Å². The van der Waals surface area contributed by atoms with E-state index in [2.05, 4.69) is 34.5 Å². The van der Waals surface area contributed by atoms with Crippen LogP contribution < -0.4 is 9.64 Å². The molecule has 0 bridgehead atoms. The molecule has 2 aliphatic heterocycles. The number of morpholine rings is 1. The fourth-order valence-electron chi connectivity index (χ4n) is 4.47. The van der Waals surface area contributed by atoms with Crippen molar-refractivity contribution in [2.45, 2.75) is 52.5 Å². The molecule has 2 fully saturated rings. The van der Waals surface area contributed by atoms with Crippen LogP contribution in [0.3, 0.4) is 0 Å². The van der Waals surface area contributed by atoms with E-state index in [9.17, 15) is 13.2 Å². The van der Waals surface area contributed by atoms with Crippen molar-refractivity contribution in [3.63, 3.8) is 0 Å². The second-order valence-corrected chi connectivity index (χ2v) is 9.42. The maximum Gasteiger partial charge on any atom is 0.573 e. The third-order valence-corrected chi connectivity index (χ3v) is 6.95. The molecule has 0 aliphatic carbocycles. The molecular formula is C27H40F3N3O3. The number of likely N-dealkylation sites (tertiary alicyclic amines) is 1. The third kappa shape index (κ3) is 8.71. The summed E-state index contributed by atoms with van der Waals surface area (Å²) < 4.78 is 52.9. The predicted molar refractivity (Wildman–Crippen MR) is 136 cm³/mol. The zero-order valence-corrected chi connectivity index (χ0v) is 21.9. The Labute approximate surface area is 213 Å². The van der Waals surface area contributed by atoms with E-state index in [-0.39, 0.29) is 11.9 Å². The van der Waals surface area contributed by atoms with Gasteiger partial charge in [0.15, 0.2) is 0 Å². The number of halogens is 3. The largest absolute Gasteiger partial charge is 0.573 e. The Hall–Kier alpha value is -2.23. The van der Waals surface area contributed by atoms with E-state index in [0.29, 0.717) is 0 Å². The lowest BCUT2D eigenvalue weighted by atomic mass is 10.0. The predicted octanol–water partition coefficient (Wildman–Crippen LogP) is 5.42. The molecule has 0 N–H and O–H groups in total. The lowest BCUT2D eigenvalue weighted by Gasteiger charge is -2.36. The molecule has 36 heavy (non-hydrogen) atoms. The Balaban J connectivity index is 1.56. The van der Waals surface area contributed by atoms with Gasteiger partial charge in [0.1, 0.15) is 5.75 Å². The zero-order chi connectivity index (χ0) is 26.1. The number of rotatable bonds is 10. The number of nitrogens with zero attached hydrogens (tertiary/aromatic N) is 3. The Bertz CT molecular complexity index is 872. The van der Waals surface area contributed by atoms with Crippen molar-refractivity contribution in [1.29, 1.82) is 0 Å². The van der Waals surface area contributed by atoms with Gasteiger partial charge < -0.3 is 24.0 Å². The lowest BCUT2D eigenvalue weighted by Crippen LogP contribution is -2.40. The second-order valence-electron chi connectivity index (χ2n) is 9.42. The molecule has 2 saturated heterocycles. The average molecular weight is 512 g/mol. The van der Waals surface area contributed by atoms with E-state index >= 15 is 0 Å². The van der Waals surface area contributed by atoms with Gasteiger partial charge in [-0.25, -0.2) is 0 Å². The fraction of sp³-hybridized carbons (Fsp3) is 0.630. The Kier molecular flexibility index (Phi) is 10.5. The molecule has 6 nitrogen and oxygen atoms in total. The first-order chi connectivity index (χ1) is 17.2. The van der Waals surface area contributed by atoms with Crippen molar-refractivity contribution in [2.24, 2.45) is 0 Å². The van der Waals surface area contributed by atoms with Crippen molar-refractivity contribution >= 4 is 5.69 Å². The first-order valence-corrected chi connectivity index (χ1v) is 12.8. The van der Waals surface area contributed by atoms with Gasteiger partial charge in [0.25, 0.3) is 0 Å². The van der Waals surface area contributed by atoms with Crippen LogP contribution in [0.4, 0.5) is 18.9 Å². The average Bonchev–Trinajstić information content (AvgIpc) is 2.87. The summed E-state index contributed by atoms with van der Waals surface area (Å²) in [4.78, 5) is 6.80. The molecule has 0 radical (unpaired) electrons. The quantitative estimate of drug-likeness (QED) is 0.391. The number of piperidine rings is 1. The number of alkyl halides is 3. The molecule has 0 atom stereocenters. The van der Waals surface area contributed by atoms with Crippen LogP contribution in [-0.4, -0.2) is 81.9 Å². The van der Waals surface area contributed by atoms with Gasteiger partial charge in [-0.15, -0.1) is 13.2 Å². The molecule has 0 spiro atoms. The van der Waals surface area contributed by atoms with Gasteiger partial charge in [0.05, 0.1) is 25.9 Å². The highest BCUT2D eigenvalue weighted by Crippen LogP contribution is 2.28. The second kappa shape index (κ2) is 13.4. The first-order valence-electron chi connectivity index (χ1n) is 12.8. The van der Waals surface area contributed by atoms with Gasteiger partial charge in [0, 0.05) is 56.9 Å². The van der Waals surface area contributed by atoms with E-state index in [0.717, 1.165) is 83.2 Å². The van der Waals surface area contributed by atoms with Crippen LogP contribution >= 0.6 is 0 Å². The minimum absolute atomic E-state index is 0.223. The number of benzene rings is 1. The summed E-state index contributed by atoms with van der Waals surface area (Å²) in [6.07, 6.45) is 0.707. The molecule has 9 heteroatoms. The van der Waals surface area contributed by atoms with Crippen molar-refractivity contribution in [2.75, 3.05) is 64.5 Å². The van der Waals surface area contributed by atoms with Crippen molar-refractivity contribution in [1.82, 2.24) is 9.80 Å². The number of hydrogen-bond donors (Lipinski definition) is 0. The number of allylic oxidation sites excluding steroid dienone is 3. The molecule has 2 heterocycles. The van der Waals surface area contributed by atoms with E-state index < -0.39 is 6.36 Å². The Morgan fingerprint density at radius 3 is 2.31 bits per heavy atom. The van der Waals surface area contributed by atoms with E-state index in [1.807, 2.05) is 18.9 Å². The van der Waals surface area contributed by atoms with Crippen LogP contribution in [0.25, 0.3) is 0 Å². The number of ether oxygens (including phenoxy) is 3. The van der Waals surface area contributed by atoms with Crippen LogP contribution in [0.2, 0.25) is 0 Å². The fourth-order valence-corrected chi connectivity index (χ4v) is 4.47. The maximum atomic E-state index is 12.5. The van der Waals surface area contributed by atoms with Crippen molar-refractivity contribution in [3.8, 4) is 5.75 Å². The molecule has 0 amide bonds. The number of hydrogen-bond acceptors (Lipinski definition) is 6. The highest BCUT2D eigenvalue weighted by molar-refractivity contribution is 5.53. The smallest absolute Gasteiger partial charge is 0.406 e. The van der Waals surface area contributed by atoms with Gasteiger partial charge in [-0.3, -0.25) is 4.90 Å². The highest BCUT2D eigenvalue weighted by atomic mass is 19.4. The molecule has 3 rings (SSSR count). The summed E-state index contributed by atoms with van der Waals surface area (Å²) in [5.74, 6) is -0.223. The minimum atomic E-state index is -4.69. The molecule has 0 unspecified atom stereocenters. The van der Waals surface area contributed by atoms with Crippen LogP contribution in [0.15, 0.2) is 47.3 Å². The normalized spacial score (nSPS) is 19.3. The van der Waals surface area contributed by atoms with Crippen LogP contribution in [0, 0.1) is 0 Å². The van der Waals surface area contributed by atoms with Crippen LogP contribution in [-0.2, 0) is 9.47 Å². The SMILES string of the molecule is CC/C(C)=C(/C=C(/C)N(C)c1ccc(OC(F)(F)F)cc1)N1CCC(OCCN2CCOCC2)CC1. The van der Waals surface area contributed by atoms with Crippen molar-refractivity contribution in [3.05, 3.63) is 47.3 Å². The number of anilines is 1. The Morgan fingerprint density at radius 2 is 1.72 bits per heavy atom. The van der Waals surface area contributed by atoms with E-state index in [1.54, 1.807) is 12.1 Å². The van der Waals surface area contributed by atoms with Gasteiger partial charge in [-0.05, 0) is 63.5 Å². The maximum absolute atomic E-state index is 12.5. The van der Waals surface area contributed by atoms with Gasteiger partial charge in [-0.1, -0.05) is 12.5 Å². The molecular weight excluding hydrogens is 471 g/mol. The summed E-state index contributed by atoms with van der Waals surface area (Å²) in [5.41, 5.74) is 4.32. The van der Waals surface area contributed by atoms with Gasteiger partial charge in [-0.2, -0.15) is 0 Å². The Morgan fingerprint density at radius 1 is 1.08 bits per heavy atom. The molecule has 1 aromatic carbocycles. The third-order valence-electron chi connectivity index (χ3n) is 6.95. The summed E-state index contributed by atoms with van der Waals surface area (Å²) in [5, 5.41) is 0. The molecule has 0 aromatic heterocycles. The molecule has 1 aromatic rings. The van der Waals surface area contributed by atoms with E-state index in [1.165, 1.54) is 23.4 Å². The van der Waals surface area contributed by atoms with Gasteiger partial charge >= 0.3 is 6.36 Å². The van der Waals surface area contributed by atoms with Crippen LogP contribution in [0.1, 0.15) is 40.0 Å². The molecule has 0 saturated carbocycles. The van der Waals surface area contributed by atoms with Crippen LogP contribution in [0.5, 0.6) is 5.75 Å². The summed E-state index contributed by atoms with van der Waals surface area (Å²) >= 11 is 0. The molecule has 202 valence electrons. The van der Waals surface area contributed by atoms with E-state index in [4.69, 9.17) is 9.47 Å². The summed E-state index contributed by atoms with van der Waals surface area (Å²) in [6, 6.07) is 5.94. The minimum Gasteiger partial charge on any atom is -0.406 e. The monoisotopic (exact) mass is 511 g/mol. The zero-order valence-electron chi connectivity index (χ0n) is 21.9. The summed E-state index contributed by atoms with van der Waals surface area (Å²) in [6.45, 7) is 13.5. The summed E-state index contributed by atoms with van der Waals surface area (Å²) in [7, 11) is 1.92. The molecule has 2 aliphatic rings. The lowest BCUT2D eigenvalue weighted by molar-refractivity contribution is -0.274. The van der Waals surface area contributed by atoms with Gasteiger partial charge in [0.2, 0.25) is 0 Å². The highest BCUT2D eigenvalue weighted by Gasteiger charge is 2.31. The first kappa shape index (κ1) is 28.3. The standard InChI is InChI=1S/C27H40F3N3O3/c1-5-21(2)26(20-22(3)31(4)23-6-8-25(9-7-23)36-27(28,29)30)33-12-10-24(11-13-33)35-19-16-32-14-17-34-18-15-32/h6-9,20,24H,5,10-19H2,1-4H3/b22-20-,26-21-.